The number of carboxylic acids is 3. The van der Waals surface area contributed by atoms with Gasteiger partial charge in [0.05, 0.1) is 18.3 Å². The summed E-state index contributed by atoms with van der Waals surface area (Å²) in [5.74, 6) is -2.71. The van der Waals surface area contributed by atoms with E-state index in [1.807, 2.05) is 14.1 Å². The fourth-order valence-electron chi connectivity index (χ4n) is 7.76. The third-order valence-electron chi connectivity index (χ3n) is 10.8. The number of carboxylic acid groups (broad SMARTS) is 3. The number of aliphatic carboxylic acids is 3. The summed E-state index contributed by atoms with van der Waals surface area (Å²) in [6.45, 7) is 4.05. The number of fused-ring (bicyclic) bond motifs is 6. The highest BCUT2D eigenvalue weighted by Gasteiger charge is 2.45. The number of hydrogen-bond acceptors (Lipinski definition) is 18. The SMILES string of the molecule is CN1CC(O)CC1C(=O)O.CN1CC(O)CC1C(=O)O.CN1CC2CC1C(=O)O2.CN1CC2CC1C(=O)O2.II.O=C(O)C1CC(O)CN1.O=C1OC2CNC1C2. The van der Waals surface area contributed by atoms with Crippen LogP contribution in [-0.4, -0.2) is 226 Å². The standard InChI is InChI=1S/2C6H11NO3.2C6H9NO2.C5H9NO3.C5H7NO2.I2/c2*1-7-3-4(8)2-5(7)6(9)10;2*1-7-3-4-2-5(7)6(8)9-4;7-3-1-4(5(8)9)6-2-3;7-5-4-1-3(8-5)2-6-4;1-2/h2*4-5,8H,2-3H2,1H3,(H,9,10);2*4-5H,2-3H2,1H3;3-4,6-7H,1-2H2,(H,8,9);3-4,6H,1-2H2;. The van der Waals surface area contributed by atoms with Crippen molar-refractivity contribution in [2.75, 3.05) is 67.5 Å². The first-order valence-electron chi connectivity index (χ1n) is 18.6. The average Bonchev–Trinajstić information content (AvgIpc) is 3.99. The second-order valence-corrected chi connectivity index (χ2v) is 15.3. The summed E-state index contributed by atoms with van der Waals surface area (Å²) in [6.07, 6.45) is 2.92. The normalized spacial score (nSPS) is 36.9. The van der Waals surface area contributed by atoms with Crippen molar-refractivity contribution < 1.29 is 73.6 Å². The van der Waals surface area contributed by atoms with E-state index in [9.17, 15) is 28.8 Å². The lowest BCUT2D eigenvalue weighted by Gasteiger charge is -2.19. The molecule has 9 saturated heterocycles. The molecule has 9 heterocycles. The molecule has 12 unspecified atom stereocenters. The lowest BCUT2D eigenvalue weighted by molar-refractivity contribution is -0.151. The van der Waals surface area contributed by atoms with Crippen molar-refractivity contribution in [2.45, 2.75) is 111 Å². The molecule has 8 N–H and O–H groups in total. The smallest absolute Gasteiger partial charge is 0.323 e. The van der Waals surface area contributed by atoms with Gasteiger partial charge in [0.15, 0.2) is 0 Å². The first-order valence-corrected chi connectivity index (χ1v) is 24.9. The Morgan fingerprint density at radius 3 is 1.14 bits per heavy atom. The molecular weight excluding hydrogens is 986 g/mol. The number of likely N-dealkylation sites (tertiary alicyclic amines) is 4. The van der Waals surface area contributed by atoms with E-state index >= 15 is 0 Å². The lowest BCUT2D eigenvalue weighted by Crippen LogP contribution is -2.37. The Bertz CT molecular complexity index is 1330. The average molecular weight is 1040 g/mol. The second-order valence-electron chi connectivity index (χ2n) is 15.3. The molecule has 0 spiro atoms. The largest absolute Gasteiger partial charge is 0.480 e. The molecule has 0 saturated carbocycles. The fourth-order valence-corrected chi connectivity index (χ4v) is 7.76. The maximum atomic E-state index is 10.8. The van der Waals surface area contributed by atoms with Crippen molar-refractivity contribution in [1.82, 2.24) is 30.2 Å². The minimum absolute atomic E-state index is 0.0278. The number of nitrogens with one attached hydrogen (secondary N) is 2. The molecule has 326 valence electrons. The molecule has 57 heavy (non-hydrogen) atoms. The number of aliphatic hydroxyl groups is 3. The van der Waals surface area contributed by atoms with E-state index in [0.29, 0.717) is 38.9 Å². The predicted molar refractivity (Wildman–Crippen MR) is 216 cm³/mol. The molecule has 6 bridgehead atoms. The van der Waals surface area contributed by atoms with Gasteiger partial charge in [-0.2, -0.15) is 0 Å². The zero-order valence-corrected chi connectivity index (χ0v) is 36.6. The maximum Gasteiger partial charge on any atom is 0.323 e. The van der Waals surface area contributed by atoms with Crippen LogP contribution in [0, 0.1) is 0 Å². The Hall–Kier alpha value is -2.08. The van der Waals surface area contributed by atoms with Crippen LogP contribution in [0.25, 0.3) is 0 Å². The summed E-state index contributed by atoms with van der Waals surface area (Å²) in [5.41, 5.74) is 0. The van der Waals surface area contributed by atoms with Crippen LogP contribution in [0.1, 0.15) is 38.5 Å². The van der Waals surface area contributed by atoms with E-state index in [0.717, 1.165) is 38.9 Å². The number of esters is 3. The Kier molecular flexibility index (Phi) is 19.9. The highest BCUT2D eigenvalue weighted by Crippen LogP contribution is 2.28. The summed E-state index contributed by atoms with van der Waals surface area (Å²) in [5, 5.41) is 58.0. The van der Waals surface area contributed by atoms with Gasteiger partial charge < -0.3 is 55.5 Å². The summed E-state index contributed by atoms with van der Waals surface area (Å²) in [6, 6.07) is -1.34. The number of carbonyl (C=O) groups excluding carboxylic acids is 3. The number of β-amino-alcohol motifs (C(OH)–C–C–N with tert-alkyl or cyclic N) is 3. The zero-order chi connectivity index (χ0) is 42.7. The van der Waals surface area contributed by atoms with Crippen molar-refractivity contribution in [3.8, 4) is 0 Å². The van der Waals surface area contributed by atoms with Gasteiger partial charge >= 0.3 is 35.8 Å². The Labute approximate surface area is 354 Å². The van der Waals surface area contributed by atoms with E-state index in [1.165, 1.54) is 0 Å². The van der Waals surface area contributed by atoms with Crippen molar-refractivity contribution in [2.24, 2.45) is 0 Å². The predicted octanol–water partition coefficient (Wildman–Crippen LogP) is -2.66. The summed E-state index contributed by atoms with van der Waals surface area (Å²) >= 11 is 4.24. The number of aliphatic hydroxyl groups excluding tert-OH is 3. The van der Waals surface area contributed by atoms with Gasteiger partial charge in [-0.3, -0.25) is 48.4 Å². The minimum Gasteiger partial charge on any atom is -0.480 e. The van der Waals surface area contributed by atoms with Gasteiger partial charge in [-0.05, 0) is 28.2 Å². The molecule has 0 radical (unpaired) electrons. The topological polar surface area (TPSA) is 289 Å². The number of rotatable bonds is 3. The van der Waals surface area contributed by atoms with Crippen LogP contribution < -0.4 is 10.6 Å². The quantitative estimate of drug-likeness (QED) is 0.0814. The molecular formula is C34H56I2N6O15. The van der Waals surface area contributed by atoms with Crippen molar-refractivity contribution >= 4 is 73.0 Å². The van der Waals surface area contributed by atoms with Gasteiger partial charge in [0, 0.05) is 115 Å². The van der Waals surface area contributed by atoms with Gasteiger partial charge in [-0.25, -0.2) is 0 Å². The zero-order valence-electron chi connectivity index (χ0n) is 32.3. The molecule has 0 aromatic carbocycles. The van der Waals surface area contributed by atoms with Crippen LogP contribution in [-0.2, 0) is 43.0 Å². The van der Waals surface area contributed by atoms with Crippen LogP contribution in [0.4, 0.5) is 0 Å². The van der Waals surface area contributed by atoms with E-state index in [4.69, 9.17) is 44.8 Å². The molecule has 23 heteroatoms. The summed E-state index contributed by atoms with van der Waals surface area (Å²) in [7, 11) is 7.33. The third-order valence-corrected chi connectivity index (χ3v) is 10.8. The maximum absolute atomic E-state index is 10.8. The molecule has 0 amide bonds. The van der Waals surface area contributed by atoms with Crippen molar-refractivity contribution in [3.63, 3.8) is 0 Å². The number of hydrogen-bond donors (Lipinski definition) is 8. The highest BCUT2D eigenvalue weighted by molar-refractivity contribution is 15.0. The van der Waals surface area contributed by atoms with Crippen molar-refractivity contribution in [1.29, 1.82) is 0 Å². The molecule has 9 rings (SSSR count). The van der Waals surface area contributed by atoms with Crippen LogP contribution in [0.3, 0.4) is 0 Å². The van der Waals surface area contributed by atoms with Gasteiger partial charge in [0.1, 0.15) is 54.6 Å². The minimum atomic E-state index is -0.883. The highest BCUT2D eigenvalue weighted by atomic mass is 128. The van der Waals surface area contributed by atoms with Crippen LogP contribution in [0.15, 0.2) is 0 Å². The molecule has 0 aliphatic carbocycles. The molecule has 9 fully saturated rings. The number of halogens is 2. The third kappa shape index (κ3) is 14.6. The number of morpholine rings is 3. The first-order chi connectivity index (χ1) is 26.8. The van der Waals surface area contributed by atoms with Gasteiger partial charge in [0.25, 0.3) is 0 Å². The molecule has 21 nitrogen and oxygen atoms in total. The monoisotopic (exact) mass is 1040 g/mol. The molecule has 0 aromatic rings. The lowest BCUT2D eigenvalue weighted by atomic mass is 10.2. The van der Waals surface area contributed by atoms with Crippen molar-refractivity contribution in [3.05, 3.63) is 0 Å². The molecule has 12 atom stereocenters. The van der Waals surface area contributed by atoms with E-state index < -0.39 is 54.3 Å². The fraction of sp³-hybridized carbons (Fsp3) is 0.824. The summed E-state index contributed by atoms with van der Waals surface area (Å²) in [4.78, 5) is 70.5. The Morgan fingerprint density at radius 2 is 0.982 bits per heavy atom. The molecule has 0 aromatic heterocycles. The van der Waals surface area contributed by atoms with E-state index in [-0.39, 0.29) is 54.3 Å². The first kappa shape index (κ1) is 49.3. The van der Waals surface area contributed by atoms with E-state index in [2.05, 4.69) is 57.7 Å². The van der Waals surface area contributed by atoms with Crippen LogP contribution in [0.5, 0.6) is 0 Å². The summed E-state index contributed by atoms with van der Waals surface area (Å²) < 4.78 is 14.8. The Balaban J connectivity index is 0.000000182. The van der Waals surface area contributed by atoms with Gasteiger partial charge in [-0.15, -0.1) is 0 Å². The van der Waals surface area contributed by atoms with Gasteiger partial charge in [0.2, 0.25) is 0 Å². The second kappa shape index (κ2) is 23.1. The molecule has 9 aliphatic rings. The number of carbonyl (C=O) groups is 6. The Morgan fingerprint density at radius 1 is 0.544 bits per heavy atom. The number of likely N-dealkylation sites (N-methyl/N-ethyl adjacent to an activating group) is 4. The van der Waals surface area contributed by atoms with Crippen LogP contribution in [0.2, 0.25) is 0 Å². The number of nitrogens with zero attached hydrogens (tertiary/aromatic N) is 4. The number of ether oxygens (including phenoxy) is 3. The van der Waals surface area contributed by atoms with E-state index in [1.54, 1.807) is 23.9 Å². The van der Waals surface area contributed by atoms with Gasteiger partial charge in [-0.1, -0.05) is 0 Å². The molecule has 9 aliphatic heterocycles. The van der Waals surface area contributed by atoms with Crippen LogP contribution >= 0.6 is 37.2 Å².